The Bertz CT molecular complexity index is 230. The molecule has 0 rings (SSSR count). The fourth-order valence-corrected chi connectivity index (χ4v) is 1.14. The summed E-state index contributed by atoms with van der Waals surface area (Å²) in [5.74, 6) is -0.704. The lowest BCUT2D eigenvalue weighted by Crippen LogP contribution is -2.24. The Hall–Kier alpha value is -0.590. The molecule has 1 atom stereocenters. The van der Waals surface area contributed by atoms with Gasteiger partial charge in [-0.3, -0.25) is 4.55 Å². The van der Waals surface area contributed by atoms with Gasteiger partial charge in [-0.25, -0.2) is 0 Å². The molecule has 0 fully saturated rings. The zero-order valence-corrected chi connectivity index (χ0v) is 7.49. The van der Waals surface area contributed by atoms with Crippen LogP contribution in [0.3, 0.4) is 0 Å². The quantitative estimate of drug-likeness (QED) is 0.469. The molecule has 1 unspecified atom stereocenters. The molecule has 0 aromatic rings. The van der Waals surface area contributed by atoms with Crippen molar-refractivity contribution in [1.82, 2.24) is 0 Å². The highest BCUT2D eigenvalue weighted by atomic mass is 32.2. The van der Waals surface area contributed by atoms with Crippen LogP contribution in [-0.4, -0.2) is 36.5 Å². The number of ether oxygens (including phenoxy) is 1. The fraction of sp³-hybridized carbons (Fsp3) is 0.667. The van der Waals surface area contributed by atoms with Crippen molar-refractivity contribution in [1.29, 1.82) is 0 Å². The molecule has 0 saturated heterocycles. The van der Waals surface area contributed by atoms with Crippen LogP contribution in [0.25, 0.3) is 0 Å². The number of hydrogen-bond donors (Lipinski definition) is 2. The highest BCUT2D eigenvalue weighted by molar-refractivity contribution is 7.85. The van der Waals surface area contributed by atoms with Crippen LogP contribution in [0.1, 0.15) is 6.92 Å². The Kier molecular flexibility index (Phi) is 4.87. The predicted octanol–water partition coefficient (Wildman–Crippen LogP) is -0.215. The van der Waals surface area contributed by atoms with E-state index in [0.717, 1.165) is 0 Å². The van der Waals surface area contributed by atoms with Crippen LogP contribution < -0.4 is 0 Å². The standard InChI is InChI=1S/C6H12O5S/c1-2-3-11-4-6(7)5-12(8,9)10/h2-3,6-7H,4-5H2,1H3,(H,8,9,10). The van der Waals surface area contributed by atoms with Gasteiger partial charge in [-0.1, -0.05) is 6.08 Å². The zero-order chi connectivity index (χ0) is 9.61. The maximum Gasteiger partial charge on any atom is 0.267 e. The van der Waals surface area contributed by atoms with Gasteiger partial charge in [0, 0.05) is 0 Å². The number of hydrogen-bond acceptors (Lipinski definition) is 4. The molecule has 6 heteroatoms. The molecule has 0 aliphatic rings. The summed E-state index contributed by atoms with van der Waals surface area (Å²) in [7, 11) is -4.11. The summed E-state index contributed by atoms with van der Waals surface area (Å²) in [6, 6.07) is 0. The SMILES string of the molecule is CC=COCC(O)CS(=O)(=O)O. The number of rotatable bonds is 5. The molecular formula is C6H12O5S. The summed E-state index contributed by atoms with van der Waals surface area (Å²) in [4.78, 5) is 0. The van der Waals surface area contributed by atoms with Crippen molar-refractivity contribution in [3.63, 3.8) is 0 Å². The molecule has 5 nitrogen and oxygen atoms in total. The first-order chi connectivity index (χ1) is 5.45. The molecule has 0 heterocycles. The van der Waals surface area contributed by atoms with Gasteiger partial charge in [-0.2, -0.15) is 8.42 Å². The Morgan fingerprint density at radius 3 is 2.58 bits per heavy atom. The number of aliphatic hydroxyl groups is 1. The molecule has 0 spiro atoms. The Morgan fingerprint density at radius 2 is 2.17 bits per heavy atom. The molecule has 0 aliphatic heterocycles. The third-order valence-corrected chi connectivity index (χ3v) is 1.73. The van der Waals surface area contributed by atoms with Crippen molar-refractivity contribution in [3.8, 4) is 0 Å². The summed E-state index contributed by atoms with van der Waals surface area (Å²) >= 11 is 0. The maximum atomic E-state index is 10.2. The van der Waals surface area contributed by atoms with Gasteiger partial charge in [-0.05, 0) is 6.92 Å². The van der Waals surface area contributed by atoms with Crippen molar-refractivity contribution in [3.05, 3.63) is 12.3 Å². The van der Waals surface area contributed by atoms with Gasteiger partial charge < -0.3 is 9.84 Å². The van der Waals surface area contributed by atoms with E-state index in [1.54, 1.807) is 13.0 Å². The Labute approximate surface area is 71.4 Å². The third kappa shape index (κ3) is 7.52. The van der Waals surface area contributed by atoms with Crippen LogP contribution in [-0.2, 0) is 14.9 Å². The van der Waals surface area contributed by atoms with E-state index in [1.807, 2.05) is 0 Å². The fourth-order valence-electron chi connectivity index (χ4n) is 0.554. The largest absolute Gasteiger partial charge is 0.499 e. The third-order valence-electron chi connectivity index (χ3n) is 0.924. The highest BCUT2D eigenvalue weighted by Crippen LogP contribution is 1.92. The molecule has 0 aromatic carbocycles. The average molecular weight is 196 g/mol. The minimum Gasteiger partial charge on any atom is -0.499 e. The van der Waals surface area contributed by atoms with E-state index >= 15 is 0 Å². The lowest BCUT2D eigenvalue weighted by atomic mass is 10.4. The van der Waals surface area contributed by atoms with Crippen LogP contribution in [0.2, 0.25) is 0 Å². The molecule has 72 valence electrons. The van der Waals surface area contributed by atoms with Gasteiger partial charge in [0.2, 0.25) is 0 Å². The first-order valence-electron chi connectivity index (χ1n) is 3.31. The van der Waals surface area contributed by atoms with Crippen LogP contribution in [0.4, 0.5) is 0 Å². The van der Waals surface area contributed by atoms with E-state index in [2.05, 4.69) is 4.74 Å². The number of aliphatic hydroxyl groups excluding tert-OH is 1. The van der Waals surface area contributed by atoms with Gasteiger partial charge in [0.1, 0.15) is 18.5 Å². The van der Waals surface area contributed by atoms with Gasteiger partial charge in [0.25, 0.3) is 10.1 Å². The van der Waals surface area contributed by atoms with E-state index in [-0.39, 0.29) is 6.61 Å². The molecular weight excluding hydrogens is 184 g/mol. The van der Waals surface area contributed by atoms with E-state index in [9.17, 15) is 8.42 Å². The molecule has 0 saturated carbocycles. The summed E-state index contributed by atoms with van der Waals surface area (Å²) in [6.45, 7) is 1.57. The summed E-state index contributed by atoms with van der Waals surface area (Å²) in [5.41, 5.74) is 0. The zero-order valence-electron chi connectivity index (χ0n) is 6.67. The molecule has 0 radical (unpaired) electrons. The van der Waals surface area contributed by atoms with E-state index in [4.69, 9.17) is 9.66 Å². The van der Waals surface area contributed by atoms with Crippen LogP contribution in [0.15, 0.2) is 12.3 Å². The van der Waals surface area contributed by atoms with Gasteiger partial charge in [-0.15, -0.1) is 0 Å². The van der Waals surface area contributed by atoms with Crippen molar-refractivity contribution in [2.24, 2.45) is 0 Å². The second-order valence-corrected chi connectivity index (χ2v) is 3.70. The average Bonchev–Trinajstić information content (AvgIpc) is 1.84. The van der Waals surface area contributed by atoms with Crippen molar-refractivity contribution < 1.29 is 22.8 Å². The van der Waals surface area contributed by atoms with Crippen LogP contribution in [0, 0.1) is 0 Å². The van der Waals surface area contributed by atoms with E-state index < -0.39 is 22.0 Å². The summed E-state index contributed by atoms with van der Waals surface area (Å²) in [5, 5.41) is 8.91. The second kappa shape index (κ2) is 5.13. The first kappa shape index (κ1) is 11.4. The van der Waals surface area contributed by atoms with Crippen LogP contribution in [0.5, 0.6) is 0 Å². The molecule has 0 aliphatic carbocycles. The normalized spacial score (nSPS) is 14.9. The highest BCUT2D eigenvalue weighted by Gasteiger charge is 2.13. The van der Waals surface area contributed by atoms with Gasteiger partial charge in [0.15, 0.2) is 0 Å². The second-order valence-electron chi connectivity index (χ2n) is 2.21. The lowest BCUT2D eigenvalue weighted by Gasteiger charge is -2.06. The van der Waals surface area contributed by atoms with Crippen molar-refractivity contribution >= 4 is 10.1 Å². The minimum atomic E-state index is -4.11. The van der Waals surface area contributed by atoms with Gasteiger partial charge >= 0.3 is 0 Å². The molecule has 0 bridgehead atoms. The Morgan fingerprint density at radius 1 is 1.58 bits per heavy atom. The first-order valence-corrected chi connectivity index (χ1v) is 4.92. The monoisotopic (exact) mass is 196 g/mol. The summed E-state index contributed by atoms with van der Waals surface area (Å²) < 4.78 is 33.4. The van der Waals surface area contributed by atoms with E-state index in [1.165, 1.54) is 6.26 Å². The molecule has 12 heavy (non-hydrogen) atoms. The molecule has 0 amide bonds. The van der Waals surface area contributed by atoms with Gasteiger partial charge in [0.05, 0.1) is 6.26 Å². The minimum absolute atomic E-state index is 0.149. The number of allylic oxidation sites excluding steroid dienone is 1. The predicted molar refractivity (Wildman–Crippen MR) is 43.2 cm³/mol. The summed E-state index contributed by atoms with van der Waals surface area (Å²) in [6.07, 6.45) is 1.73. The smallest absolute Gasteiger partial charge is 0.267 e. The molecule has 0 aromatic heterocycles. The Balaban J connectivity index is 3.68. The topological polar surface area (TPSA) is 83.8 Å². The lowest BCUT2D eigenvalue weighted by molar-refractivity contribution is 0.0983. The van der Waals surface area contributed by atoms with E-state index in [0.29, 0.717) is 0 Å². The molecule has 2 N–H and O–H groups in total. The van der Waals surface area contributed by atoms with Crippen molar-refractivity contribution in [2.45, 2.75) is 13.0 Å². The van der Waals surface area contributed by atoms with Crippen LogP contribution >= 0.6 is 0 Å². The maximum absolute atomic E-state index is 10.2. The van der Waals surface area contributed by atoms with Crippen molar-refractivity contribution in [2.75, 3.05) is 12.4 Å².